The van der Waals surface area contributed by atoms with Gasteiger partial charge in [-0.15, -0.1) is 11.3 Å². The van der Waals surface area contributed by atoms with Crippen LogP contribution in [0.3, 0.4) is 0 Å². The second-order valence-corrected chi connectivity index (χ2v) is 6.58. The summed E-state index contributed by atoms with van der Waals surface area (Å²) in [5.41, 5.74) is 7.64. The number of hydrogen-bond acceptors (Lipinski definition) is 3. The molecule has 2 rings (SSSR count). The van der Waals surface area contributed by atoms with Crippen molar-refractivity contribution in [2.24, 2.45) is 11.7 Å². The molecule has 1 unspecified atom stereocenters. The number of rotatable bonds is 3. The fourth-order valence-electron chi connectivity index (χ4n) is 2.44. The first-order valence-corrected chi connectivity index (χ1v) is 7.68. The first-order valence-electron chi connectivity index (χ1n) is 6.80. The molecule has 0 bridgehead atoms. The highest BCUT2D eigenvalue weighted by Crippen LogP contribution is 2.39. The highest BCUT2D eigenvalue weighted by atomic mass is 32.1. The van der Waals surface area contributed by atoms with E-state index in [4.69, 9.17) is 10.7 Å². The second-order valence-electron chi connectivity index (χ2n) is 5.73. The van der Waals surface area contributed by atoms with Crippen molar-refractivity contribution in [3.63, 3.8) is 0 Å². The average Bonchev–Trinajstić information content (AvgIpc) is 2.82. The van der Waals surface area contributed by atoms with Gasteiger partial charge >= 0.3 is 0 Å². The number of thiazole rings is 1. The van der Waals surface area contributed by atoms with Crippen molar-refractivity contribution in [2.75, 3.05) is 0 Å². The van der Waals surface area contributed by atoms with Crippen molar-refractivity contribution in [1.29, 1.82) is 0 Å². The summed E-state index contributed by atoms with van der Waals surface area (Å²) in [5.74, 6) is 1.40. The highest BCUT2D eigenvalue weighted by Gasteiger charge is 2.34. The minimum absolute atomic E-state index is 0.136. The van der Waals surface area contributed by atoms with Gasteiger partial charge in [0.15, 0.2) is 0 Å². The minimum atomic E-state index is -0.136. The molecule has 1 aliphatic carbocycles. The first-order chi connectivity index (χ1) is 8.05. The molecular weight excluding hydrogens is 228 g/mol. The molecule has 0 amide bonds. The van der Waals surface area contributed by atoms with E-state index in [9.17, 15) is 0 Å². The van der Waals surface area contributed by atoms with Crippen molar-refractivity contribution < 1.29 is 0 Å². The first kappa shape index (κ1) is 13.0. The van der Waals surface area contributed by atoms with Crippen LogP contribution in [0.4, 0.5) is 0 Å². The topological polar surface area (TPSA) is 38.9 Å². The zero-order valence-electron chi connectivity index (χ0n) is 11.2. The number of hydrogen-bond donors (Lipinski definition) is 1. The largest absolute Gasteiger partial charge is 0.319 e. The Balaban J connectivity index is 2.14. The maximum Gasteiger partial charge on any atom is 0.113 e. The summed E-state index contributed by atoms with van der Waals surface area (Å²) in [5, 5.41) is 3.37. The van der Waals surface area contributed by atoms with Crippen LogP contribution in [-0.4, -0.2) is 4.98 Å². The zero-order chi connectivity index (χ0) is 12.5. The van der Waals surface area contributed by atoms with Crippen molar-refractivity contribution in [3.05, 3.63) is 16.1 Å². The second kappa shape index (κ2) is 5.07. The summed E-state index contributed by atoms with van der Waals surface area (Å²) in [6, 6.07) is 0. The maximum absolute atomic E-state index is 6.55. The monoisotopic (exact) mass is 252 g/mol. The van der Waals surface area contributed by atoms with Gasteiger partial charge in [-0.1, -0.05) is 20.8 Å². The molecule has 3 heteroatoms. The van der Waals surface area contributed by atoms with Crippen LogP contribution in [0.2, 0.25) is 0 Å². The molecule has 1 aromatic heterocycles. The van der Waals surface area contributed by atoms with Crippen LogP contribution in [0, 0.1) is 5.92 Å². The highest BCUT2D eigenvalue weighted by molar-refractivity contribution is 7.09. The quantitative estimate of drug-likeness (QED) is 0.882. The minimum Gasteiger partial charge on any atom is -0.319 e. The van der Waals surface area contributed by atoms with Crippen molar-refractivity contribution in [2.45, 2.75) is 64.3 Å². The van der Waals surface area contributed by atoms with Gasteiger partial charge in [0.1, 0.15) is 5.01 Å². The number of aromatic nitrogens is 1. The third-order valence-electron chi connectivity index (χ3n) is 4.23. The van der Waals surface area contributed by atoms with Crippen LogP contribution in [0.5, 0.6) is 0 Å². The van der Waals surface area contributed by atoms with Crippen molar-refractivity contribution >= 4 is 11.3 Å². The Kier molecular flexibility index (Phi) is 3.88. The SMILES string of the molecule is CCC(C)c1csc(C2(N)CCC(C)CC2)n1. The maximum atomic E-state index is 6.55. The molecule has 1 aliphatic rings. The molecule has 1 heterocycles. The van der Waals surface area contributed by atoms with E-state index in [-0.39, 0.29) is 5.54 Å². The van der Waals surface area contributed by atoms with Gasteiger partial charge in [-0.3, -0.25) is 0 Å². The third-order valence-corrected chi connectivity index (χ3v) is 5.31. The van der Waals surface area contributed by atoms with E-state index < -0.39 is 0 Å². The predicted octanol–water partition coefficient (Wildman–Crippen LogP) is 4.02. The van der Waals surface area contributed by atoms with Gasteiger partial charge in [0.2, 0.25) is 0 Å². The lowest BCUT2D eigenvalue weighted by Gasteiger charge is -2.34. The molecule has 0 radical (unpaired) electrons. The molecule has 17 heavy (non-hydrogen) atoms. The van der Waals surface area contributed by atoms with E-state index in [2.05, 4.69) is 26.2 Å². The smallest absolute Gasteiger partial charge is 0.113 e. The number of nitrogens with two attached hydrogens (primary N) is 1. The molecule has 1 aromatic rings. The van der Waals surface area contributed by atoms with Crippen molar-refractivity contribution in [1.82, 2.24) is 4.98 Å². The van der Waals surface area contributed by atoms with Gasteiger partial charge in [-0.05, 0) is 43.9 Å². The Morgan fingerprint density at radius 2 is 2.18 bits per heavy atom. The van der Waals surface area contributed by atoms with Gasteiger partial charge in [0.25, 0.3) is 0 Å². The fourth-order valence-corrected chi connectivity index (χ4v) is 3.56. The Bertz CT molecular complexity index is 364. The van der Waals surface area contributed by atoms with Crippen LogP contribution >= 0.6 is 11.3 Å². The molecule has 0 spiro atoms. The summed E-state index contributed by atoms with van der Waals surface area (Å²) in [6.45, 7) is 6.78. The Labute approximate surface area is 109 Å². The van der Waals surface area contributed by atoms with Crippen LogP contribution in [0.15, 0.2) is 5.38 Å². The molecule has 1 fully saturated rings. The van der Waals surface area contributed by atoms with E-state index in [1.807, 2.05) is 0 Å². The lowest BCUT2D eigenvalue weighted by molar-refractivity contribution is 0.247. The Morgan fingerprint density at radius 1 is 1.53 bits per heavy atom. The summed E-state index contributed by atoms with van der Waals surface area (Å²) >= 11 is 1.76. The summed E-state index contributed by atoms with van der Waals surface area (Å²) in [4.78, 5) is 4.79. The Morgan fingerprint density at radius 3 is 2.76 bits per heavy atom. The van der Waals surface area contributed by atoms with E-state index in [0.29, 0.717) is 5.92 Å². The molecule has 96 valence electrons. The fraction of sp³-hybridized carbons (Fsp3) is 0.786. The zero-order valence-corrected chi connectivity index (χ0v) is 12.0. The van der Waals surface area contributed by atoms with Gasteiger partial charge in [-0.25, -0.2) is 4.98 Å². The van der Waals surface area contributed by atoms with Crippen LogP contribution in [-0.2, 0) is 5.54 Å². The summed E-state index contributed by atoms with van der Waals surface area (Å²) in [6.07, 6.45) is 5.84. The molecular formula is C14H24N2S. The number of nitrogens with zero attached hydrogens (tertiary/aromatic N) is 1. The average molecular weight is 252 g/mol. The van der Waals surface area contributed by atoms with Crippen LogP contribution < -0.4 is 5.73 Å². The van der Waals surface area contributed by atoms with Gasteiger partial charge in [-0.2, -0.15) is 0 Å². The summed E-state index contributed by atoms with van der Waals surface area (Å²) < 4.78 is 0. The van der Waals surface area contributed by atoms with Gasteiger partial charge < -0.3 is 5.73 Å². The van der Waals surface area contributed by atoms with Crippen molar-refractivity contribution in [3.8, 4) is 0 Å². The molecule has 1 atom stereocenters. The predicted molar refractivity (Wildman–Crippen MR) is 74.3 cm³/mol. The van der Waals surface area contributed by atoms with Gasteiger partial charge in [0.05, 0.1) is 11.2 Å². The normalized spacial score (nSPS) is 31.4. The van der Waals surface area contributed by atoms with Crippen LogP contribution in [0.1, 0.15) is 69.5 Å². The summed E-state index contributed by atoms with van der Waals surface area (Å²) in [7, 11) is 0. The third kappa shape index (κ3) is 2.71. The molecule has 2 N–H and O–H groups in total. The van der Waals surface area contributed by atoms with E-state index in [1.165, 1.54) is 23.5 Å². The lowest BCUT2D eigenvalue weighted by atomic mass is 9.78. The standard InChI is InChI=1S/C14H24N2S/c1-4-11(3)12-9-17-13(16-12)14(15)7-5-10(2)6-8-14/h9-11H,4-8,15H2,1-3H3. The van der Waals surface area contributed by atoms with E-state index >= 15 is 0 Å². The van der Waals surface area contributed by atoms with Gasteiger partial charge in [0, 0.05) is 5.38 Å². The van der Waals surface area contributed by atoms with Crippen LogP contribution in [0.25, 0.3) is 0 Å². The molecule has 0 saturated heterocycles. The van der Waals surface area contributed by atoms with E-state index in [0.717, 1.165) is 25.2 Å². The Hall–Kier alpha value is -0.410. The lowest BCUT2D eigenvalue weighted by Crippen LogP contribution is -2.40. The molecule has 0 aliphatic heterocycles. The molecule has 1 saturated carbocycles. The van der Waals surface area contributed by atoms with E-state index in [1.54, 1.807) is 11.3 Å². The molecule has 2 nitrogen and oxygen atoms in total. The molecule has 0 aromatic carbocycles.